The van der Waals surface area contributed by atoms with E-state index in [2.05, 4.69) is 15.0 Å². The van der Waals surface area contributed by atoms with Gasteiger partial charge in [0, 0.05) is 25.2 Å². The number of carbonyl (C=O) groups excluding carboxylic acids is 1. The van der Waals surface area contributed by atoms with Crippen LogP contribution >= 0.6 is 0 Å². The van der Waals surface area contributed by atoms with Crippen LogP contribution in [-0.4, -0.2) is 32.5 Å². The summed E-state index contributed by atoms with van der Waals surface area (Å²) in [7, 11) is -2.58. The first-order valence-corrected chi connectivity index (χ1v) is 12.4. The number of hydrogen-bond donors (Lipinski definition) is 2. The third-order valence-corrected chi connectivity index (χ3v) is 7.26. The highest BCUT2D eigenvalue weighted by molar-refractivity contribution is 7.90. The Balaban J connectivity index is 1.57. The molecular weight excluding hydrogens is 463 g/mol. The van der Waals surface area contributed by atoms with Crippen LogP contribution in [0.2, 0.25) is 0 Å². The maximum absolute atomic E-state index is 13.1. The lowest BCUT2D eigenvalue weighted by Gasteiger charge is -2.27. The Hall–Kier alpha value is -3.34. The molecule has 0 radical (unpaired) electrons. The van der Waals surface area contributed by atoms with Gasteiger partial charge >= 0.3 is 0 Å². The van der Waals surface area contributed by atoms with Crippen molar-refractivity contribution in [2.75, 3.05) is 12.4 Å². The SMILES string of the molecule is CNc1ccc(S(=O)(=O)N=CC2CCC(C(=O)N[C@H](C)c3ccc(F)cc3)CC2)cc1[N+](=O)[O-]. The minimum Gasteiger partial charge on any atom is -0.383 e. The number of nitro benzene ring substituents is 1. The fraction of sp³-hybridized carbons (Fsp3) is 0.391. The Morgan fingerprint density at radius 3 is 2.41 bits per heavy atom. The second-order valence-electron chi connectivity index (χ2n) is 8.31. The molecule has 0 heterocycles. The molecule has 182 valence electrons. The molecule has 34 heavy (non-hydrogen) atoms. The number of halogens is 1. The van der Waals surface area contributed by atoms with Gasteiger partial charge in [0.05, 0.1) is 15.9 Å². The second-order valence-corrected chi connectivity index (χ2v) is 9.94. The molecular formula is C23H27FN4O5S. The van der Waals surface area contributed by atoms with Crippen molar-refractivity contribution >= 4 is 33.5 Å². The van der Waals surface area contributed by atoms with Crippen LogP contribution in [0.15, 0.2) is 51.8 Å². The quantitative estimate of drug-likeness (QED) is 0.324. The number of rotatable bonds is 8. The summed E-state index contributed by atoms with van der Waals surface area (Å²) in [5, 5.41) is 16.8. The first-order chi connectivity index (χ1) is 16.1. The highest BCUT2D eigenvalue weighted by atomic mass is 32.2. The first-order valence-electron chi connectivity index (χ1n) is 10.9. The van der Waals surface area contributed by atoms with Crippen molar-refractivity contribution in [3.63, 3.8) is 0 Å². The van der Waals surface area contributed by atoms with E-state index < -0.39 is 14.9 Å². The molecule has 1 fully saturated rings. The van der Waals surface area contributed by atoms with Crippen molar-refractivity contribution < 1.29 is 22.5 Å². The maximum Gasteiger partial charge on any atom is 0.293 e. The summed E-state index contributed by atoms with van der Waals surface area (Å²) < 4.78 is 42.0. The van der Waals surface area contributed by atoms with Crippen LogP contribution in [0.5, 0.6) is 0 Å². The smallest absolute Gasteiger partial charge is 0.293 e. The van der Waals surface area contributed by atoms with Crippen LogP contribution in [0.3, 0.4) is 0 Å². The molecule has 0 bridgehead atoms. The fourth-order valence-electron chi connectivity index (χ4n) is 3.96. The highest BCUT2D eigenvalue weighted by Crippen LogP contribution is 2.30. The molecule has 1 aliphatic rings. The number of anilines is 1. The minimum absolute atomic E-state index is 0.0863. The van der Waals surface area contributed by atoms with E-state index in [0.29, 0.717) is 25.7 Å². The van der Waals surface area contributed by atoms with E-state index in [1.807, 2.05) is 6.92 Å². The van der Waals surface area contributed by atoms with Gasteiger partial charge in [0.2, 0.25) is 5.91 Å². The van der Waals surface area contributed by atoms with Gasteiger partial charge in [-0.15, -0.1) is 0 Å². The van der Waals surface area contributed by atoms with Crippen LogP contribution in [0.25, 0.3) is 0 Å². The lowest BCUT2D eigenvalue weighted by Crippen LogP contribution is -2.35. The number of nitrogens with one attached hydrogen (secondary N) is 2. The molecule has 0 unspecified atom stereocenters. The number of sulfonamides is 1. The third-order valence-electron chi connectivity index (χ3n) is 6.01. The van der Waals surface area contributed by atoms with Crippen LogP contribution in [-0.2, 0) is 14.8 Å². The van der Waals surface area contributed by atoms with E-state index in [0.717, 1.165) is 11.6 Å². The predicted octanol–water partition coefficient (Wildman–Crippen LogP) is 4.22. The Kier molecular flexibility index (Phi) is 7.98. The summed E-state index contributed by atoms with van der Waals surface area (Å²) in [6, 6.07) is 9.31. The van der Waals surface area contributed by atoms with Gasteiger partial charge in [0.1, 0.15) is 11.5 Å². The van der Waals surface area contributed by atoms with Crippen LogP contribution < -0.4 is 10.6 Å². The van der Waals surface area contributed by atoms with Crippen molar-refractivity contribution in [3.05, 3.63) is 64.0 Å². The number of benzene rings is 2. The van der Waals surface area contributed by atoms with E-state index in [9.17, 15) is 27.7 Å². The van der Waals surface area contributed by atoms with Gasteiger partial charge in [-0.05, 0) is 68.4 Å². The summed E-state index contributed by atoms with van der Waals surface area (Å²) in [6.45, 7) is 1.84. The second kappa shape index (κ2) is 10.7. The zero-order chi connectivity index (χ0) is 24.9. The monoisotopic (exact) mass is 490 g/mol. The Morgan fingerprint density at radius 1 is 1.18 bits per heavy atom. The topological polar surface area (TPSA) is 131 Å². The zero-order valence-electron chi connectivity index (χ0n) is 18.9. The molecule has 2 N–H and O–H groups in total. The third kappa shape index (κ3) is 6.16. The van der Waals surface area contributed by atoms with E-state index in [-0.39, 0.29) is 45.9 Å². The number of nitrogens with zero attached hydrogens (tertiary/aromatic N) is 2. The Bertz CT molecular complexity index is 1180. The van der Waals surface area contributed by atoms with E-state index >= 15 is 0 Å². The summed E-state index contributed by atoms with van der Waals surface area (Å²) >= 11 is 0. The standard InChI is InChI=1S/C23H27FN4O5S/c1-15(17-7-9-19(24)10-8-17)27-23(29)18-5-3-16(4-6-18)14-26-34(32,33)20-11-12-21(25-2)22(13-20)28(30)31/h7-16,18,25H,3-6H2,1-2H3,(H,27,29)/t15-,16?,18?/m1/s1. The van der Waals surface area contributed by atoms with Gasteiger partial charge < -0.3 is 10.6 Å². The number of amides is 1. The largest absolute Gasteiger partial charge is 0.383 e. The lowest BCUT2D eigenvalue weighted by atomic mass is 9.82. The van der Waals surface area contributed by atoms with E-state index in [1.165, 1.54) is 37.5 Å². The molecule has 0 aliphatic heterocycles. The van der Waals surface area contributed by atoms with Gasteiger partial charge in [-0.25, -0.2) is 4.39 Å². The highest BCUT2D eigenvalue weighted by Gasteiger charge is 2.27. The van der Waals surface area contributed by atoms with Crippen molar-refractivity contribution in [2.24, 2.45) is 16.2 Å². The molecule has 9 nitrogen and oxygen atoms in total. The van der Waals surface area contributed by atoms with Crippen molar-refractivity contribution in [2.45, 2.75) is 43.5 Å². The van der Waals surface area contributed by atoms with Crippen molar-refractivity contribution in [3.8, 4) is 0 Å². The van der Waals surface area contributed by atoms with Crippen molar-refractivity contribution in [1.82, 2.24) is 5.32 Å². The molecule has 0 aromatic heterocycles. The average Bonchev–Trinajstić information content (AvgIpc) is 2.83. The Labute approximate surface area is 197 Å². The molecule has 1 saturated carbocycles. The molecule has 1 amide bonds. The summed E-state index contributed by atoms with van der Waals surface area (Å²) in [4.78, 5) is 22.9. The molecule has 11 heteroatoms. The van der Waals surface area contributed by atoms with Gasteiger partial charge in [-0.3, -0.25) is 14.9 Å². The summed E-state index contributed by atoms with van der Waals surface area (Å²) in [5.74, 6) is -0.727. The van der Waals surface area contributed by atoms with Crippen LogP contribution in [0, 0.1) is 27.8 Å². The predicted molar refractivity (Wildman–Crippen MR) is 127 cm³/mol. The van der Waals surface area contributed by atoms with Crippen LogP contribution in [0.4, 0.5) is 15.8 Å². The summed E-state index contributed by atoms with van der Waals surface area (Å²) in [5.41, 5.74) is 0.669. The fourth-order valence-corrected chi connectivity index (χ4v) is 4.91. The lowest BCUT2D eigenvalue weighted by molar-refractivity contribution is -0.384. The van der Waals surface area contributed by atoms with Gasteiger partial charge in [0.25, 0.3) is 15.7 Å². The molecule has 2 aromatic rings. The minimum atomic E-state index is -4.09. The zero-order valence-corrected chi connectivity index (χ0v) is 19.7. The molecule has 3 rings (SSSR count). The molecule has 0 spiro atoms. The molecule has 2 aromatic carbocycles. The summed E-state index contributed by atoms with van der Waals surface area (Å²) in [6.07, 6.45) is 3.73. The van der Waals surface area contributed by atoms with E-state index in [4.69, 9.17) is 0 Å². The normalized spacial score (nSPS) is 19.5. The maximum atomic E-state index is 13.1. The van der Waals surface area contributed by atoms with Gasteiger partial charge in [-0.2, -0.15) is 12.8 Å². The van der Waals surface area contributed by atoms with Gasteiger partial charge in [-0.1, -0.05) is 12.1 Å². The average molecular weight is 491 g/mol. The van der Waals surface area contributed by atoms with Crippen LogP contribution in [0.1, 0.15) is 44.2 Å². The van der Waals surface area contributed by atoms with Crippen molar-refractivity contribution in [1.29, 1.82) is 0 Å². The molecule has 1 aliphatic carbocycles. The molecule has 0 saturated heterocycles. The first kappa shape index (κ1) is 25.3. The number of hydrogen-bond acceptors (Lipinski definition) is 6. The van der Waals surface area contributed by atoms with E-state index in [1.54, 1.807) is 12.1 Å². The number of carbonyl (C=O) groups is 1. The van der Waals surface area contributed by atoms with Gasteiger partial charge in [0.15, 0.2) is 0 Å². The number of nitro groups is 1. The Morgan fingerprint density at radius 2 is 1.82 bits per heavy atom. The molecule has 1 atom stereocenters.